The molecule has 0 saturated heterocycles. The van der Waals surface area contributed by atoms with E-state index in [4.69, 9.17) is 4.74 Å². The van der Waals surface area contributed by atoms with Gasteiger partial charge in [0.1, 0.15) is 12.4 Å². The van der Waals surface area contributed by atoms with Gasteiger partial charge in [-0.25, -0.2) is 4.79 Å². The number of benzene rings is 2. The summed E-state index contributed by atoms with van der Waals surface area (Å²) in [6.45, 7) is 3.55. The Morgan fingerprint density at radius 2 is 1.96 bits per heavy atom. The summed E-state index contributed by atoms with van der Waals surface area (Å²) in [6, 6.07) is 7.18. The summed E-state index contributed by atoms with van der Waals surface area (Å²) in [5, 5.41) is 2.30. The van der Waals surface area contributed by atoms with Crippen molar-refractivity contribution in [2.75, 3.05) is 12.4 Å². The zero-order valence-corrected chi connectivity index (χ0v) is 16.6. The number of anilines is 1. The van der Waals surface area contributed by atoms with Crippen molar-refractivity contribution in [3.05, 3.63) is 57.1 Å². The lowest BCUT2D eigenvalue weighted by atomic mass is 10.0. The number of methoxy groups -OCH3 is 1. The molecule has 0 aliphatic heterocycles. The van der Waals surface area contributed by atoms with Crippen LogP contribution in [0.3, 0.4) is 0 Å². The quantitative estimate of drug-likeness (QED) is 0.604. The highest BCUT2D eigenvalue weighted by Gasteiger charge is 2.34. The van der Waals surface area contributed by atoms with Crippen LogP contribution in [-0.2, 0) is 23.9 Å². The summed E-state index contributed by atoms with van der Waals surface area (Å²) in [5.41, 5.74) is 1.01. The van der Waals surface area contributed by atoms with Crippen molar-refractivity contribution in [3.63, 3.8) is 0 Å². The number of carbonyl (C=O) groups is 1. The van der Waals surface area contributed by atoms with Crippen molar-refractivity contribution in [1.82, 2.24) is 0 Å². The Bertz CT molecular complexity index is 838. The maximum Gasteiger partial charge on any atom is 0.416 e. The minimum Gasteiger partial charge on any atom is -0.488 e. The first kappa shape index (κ1) is 21.1. The third kappa shape index (κ3) is 5.15. The van der Waals surface area contributed by atoms with Gasteiger partial charge < -0.3 is 9.47 Å². The zero-order valence-electron chi connectivity index (χ0n) is 15.0. The number of ether oxygens (including phenoxy) is 2. The van der Waals surface area contributed by atoms with E-state index in [0.29, 0.717) is 10.2 Å². The van der Waals surface area contributed by atoms with Gasteiger partial charge in [-0.1, -0.05) is 13.0 Å². The highest BCUT2D eigenvalue weighted by molar-refractivity contribution is 9.10. The molecule has 2 aromatic carbocycles. The Balaban J connectivity index is 2.39. The van der Waals surface area contributed by atoms with Crippen LogP contribution < -0.4 is 10.1 Å². The fourth-order valence-corrected chi connectivity index (χ4v) is 3.13. The molecule has 0 saturated carbocycles. The van der Waals surface area contributed by atoms with Crippen LogP contribution in [-0.4, -0.2) is 13.2 Å². The number of amides is 1. The molecule has 0 aromatic heterocycles. The lowest BCUT2D eigenvalue weighted by molar-refractivity contribution is -0.138. The Morgan fingerprint density at radius 1 is 1.26 bits per heavy atom. The molecule has 0 radical (unpaired) electrons. The molecule has 0 bridgehead atoms. The van der Waals surface area contributed by atoms with Gasteiger partial charge in [0.05, 0.1) is 22.8 Å². The van der Waals surface area contributed by atoms with Crippen molar-refractivity contribution in [2.45, 2.75) is 33.1 Å². The van der Waals surface area contributed by atoms with Crippen molar-refractivity contribution in [2.24, 2.45) is 0 Å². The predicted octanol–water partition coefficient (Wildman–Crippen LogP) is 6.10. The van der Waals surface area contributed by atoms with Gasteiger partial charge in [0, 0.05) is 5.56 Å². The number of alkyl halides is 3. The van der Waals surface area contributed by atoms with E-state index in [1.165, 1.54) is 12.1 Å². The second-order valence-electron chi connectivity index (χ2n) is 5.80. The Labute approximate surface area is 163 Å². The van der Waals surface area contributed by atoms with E-state index >= 15 is 0 Å². The van der Waals surface area contributed by atoms with E-state index in [-0.39, 0.29) is 17.9 Å². The lowest BCUT2D eigenvalue weighted by Crippen LogP contribution is -2.17. The van der Waals surface area contributed by atoms with Gasteiger partial charge >= 0.3 is 12.3 Å². The number of hydrogen-bond donors (Lipinski definition) is 1. The summed E-state index contributed by atoms with van der Waals surface area (Å²) in [4.78, 5) is 11.5. The molecular weight excluding hydrogens is 427 g/mol. The maximum absolute atomic E-state index is 13.4. The molecule has 0 unspecified atom stereocenters. The molecule has 0 aliphatic rings. The van der Waals surface area contributed by atoms with Gasteiger partial charge in [-0.3, -0.25) is 5.32 Å². The van der Waals surface area contributed by atoms with Crippen molar-refractivity contribution in [3.8, 4) is 5.75 Å². The van der Waals surface area contributed by atoms with Crippen molar-refractivity contribution in [1.29, 1.82) is 0 Å². The van der Waals surface area contributed by atoms with Crippen LogP contribution in [0.5, 0.6) is 5.75 Å². The molecule has 146 valence electrons. The minimum absolute atomic E-state index is 0.0188. The van der Waals surface area contributed by atoms with E-state index in [1.54, 1.807) is 6.07 Å². The molecule has 0 atom stereocenters. The molecule has 8 heteroatoms. The second-order valence-corrected chi connectivity index (χ2v) is 6.65. The average Bonchev–Trinajstić information content (AvgIpc) is 2.61. The van der Waals surface area contributed by atoms with Gasteiger partial charge in [0.25, 0.3) is 0 Å². The molecule has 27 heavy (non-hydrogen) atoms. The number of carbonyl (C=O) groups excluding carboxylic acids is 1. The van der Waals surface area contributed by atoms with E-state index in [1.807, 2.05) is 19.9 Å². The molecule has 4 nitrogen and oxygen atoms in total. The van der Waals surface area contributed by atoms with E-state index < -0.39 is 17.8 Å². The molecule has 0 aliphatic carbocycles. The standard InChI is InChI=1S/C19H19BrF3NO3/c1-4-12-9-15(20)17(8-11(12)2)27-10-13-14(19(21,22)23)6-5-7-16(13)24-18(25)26-3/h5-9H,4,10H2,1-3H3,(H,24,25). The number of halogens is 4. The van der Waals surface area contributed by atoms with Gasteiger partial charge in [-0.05, 0) is 64.7 Å². The van der Waals surface area contributed by atoms with E-state index in [9.17, 15) is 18.0 Å². The van der Waals surface area contributed by atoms with Crippen LogP contribution in [0.2, 0.25) is 0 Å². The van der Waals surface area contributed by atoms with Crippen LogP contribution in [0.1, 0.15) is 29.2 Å². The number of nitrogens with one attached hydrogen (secondary N) is 1. The first-order chi connectivity index (χ1) is 12.7. The summed E-state index contributed by atoms with van der Waals surface area (Å²) in [6.07, 6.45) is -4.62. The molecule has 2 aromatic rings. The number of rotatable bonds is 5. The summed E-state index contributed by atoms with van der Waals surface area (Å²) >= 11 is 3.39. The average molecular weight is 446 g/mol. The topological polar surface area (TPSA) is 47.6 Å². The molecule has 1 amide bonds. The molecule has 0 fully saturated rings. The first-order valence-electron chi connectivity index (χ1n) is 8.13. The van der Waals surface area contributed by atoms with Crippen LogP contribution in [0.15, 0.2) is 34.8 Å². The lowest BCUT2D eigenvalue weighted by Gasteiger charge is -2.18. The maximum atomic E-state index is 13.4. The Kier molecular flexibility index (Phi) is 6.75. The normalized spacial score (nSPS) is 11.2. The van der Waals surface area contributed by atoms with E-state index in [2.05, 4.69) is 26.0 Å². The molecular formula is C19H19BrF3NO3. The van der Waals surface area contributed by atoms with Crippen LogP contribution >= 0.6 is 15.9 Å². The van der Waals surface area contributed by atoms with Crippen molar-refractivity contribution < 1.29 is 27.4 Å². The third-order valence-electron chi connectivity index (χ3n) is 4.05. The number of aryl methyl sites for hydroxylation is 2. The monoisotopic (exact) mass is 445 g/mol. The smallest absolute Gasteiger partial charge is 0.416 e. The number of hydrogen-bond acceptors (Lipinski definition) is 3. The van der Waals surface area contributed by atoms with E-state index in [0.717, 1.165) is 30.7 Å². The largest absolute Gasteiger partial charge is 0.488 e. The van der Waals surface area contributed by atoms with Gasteiger partial charge in [0.15, 0.2) is 0 Å². The highest BCUT2D eigenvalue weighted by atomic mass is 79.9. The van der Waals surface area contributed by atoms with Gasteiger partial charge in [0.2, 0.25) is 0 Å². The van der Waals surface area contributed by atoms with Crippen LogP contribution in [0.4, 0.5) is 23.7 Å². The summed E-state index contributed by atoms with van der Waals surface area (Å²) in [7, 11) is 1.13. The summed E-state index contributed by atoms with van der Waals surface area (Å²) in [5.74, 6) is 0.422. The fourth-order valence-electron chi connectivity index (χ4n) is 2.62. The third-order valence-corrected chi connectivity index (χ3v) is 4.67. The second kappa shape index (κ2) is 8.65. The first-order valence-corrected chi connectivity index (χ1v) is 8.92. The van der Waals surface area contributed by atoms with Gasteiger partial charge in [-0.2, -0.15) is 13.2 Å². The predicted molar refractivity (Wildman–Crippen MR) is 100 cm³/mol. The van der Waals surface area contributed by atoms with Crippen molar-refractivity contribution >= 4 is 27.7 Å². The molecule has 0 spiro atoms. The minimum atomic E-state index is -4.59. The van der Waals surface area contributed by atoms with Crippen LogP contribution in [0.25, 0.3) is 0 Å². The Hall–Kier alpha value is -2.22. The highest BCUT2D eigenvalue weighted by Crippen LogP contribution is 2.37. The van der Waals surface area contributed by atoms with Gasteiger partial charge in [-0.15, -0.1) is 0 Å². The molecule has 2 rings (SSSR count). The van der Waals surface area contributed by atoms with Crippen LogP contribution in [0, 0.1) is 6.92 Å². The molecule has 1 N–H and O–H groups in total. The Morgan fingerprint density at radius 3 is 2.56 bits per heavy atom. The SMILES string of the molecule is CCc1cc(Br)c(OCc2c(NC(=O)OC)cccc2C(F)(F)F)cc1C. The summed E-state index contributed by atoms with van der Waals surface area (Å²) < 4.78 is 51.0. The zero-order chi connectivity index (χ0) is 20.2. The fraction of sp³-hybridized carbons (Fsp3) is 0.316. The molecule has 0 heterocycles.